The molecule has 3 rings (SSSR count). The maximum Gasteiger partial charge on any atom is 0.256 e. The number of ether oxygens (including phenoxy) is 1. The molecule has 4 nitrogen and oxygen atoms in total. The highest BCUT2D eigenvalue weighted by molar-refractivity contribution is 9.10. The fourth-order valence-corrected chi connectivity index (χ4v) is 4.11. The molecule has 1 saturated carbocycles. The van der Waals surface area contributed by atoms with Crippen LogP contribution < -0.4 is 15.4 Å². The first-order valence-corrected chi connectivity index (χ1v) is 7.90. The van der Waals surface area contributed by atoms with Gasteiger partial charge in [0.05, 0.1) is 27.9 Å². The number of fused-ring (bicyclic) bond motifs is 1. The summed E-state index contributed by atoms with van der Waals surface area (Å²) >= 11 is 9.65. The molecule has 2 aliphatic rings. The van der Waals surface area contributed by atoms with Gasteiger partial charge in [-0.05, 0) is 47.7 Å². The van der Waals surface area contributed by atoms with E-state index < -0.39 is 0 Å². The predicted molar refractivity (Wildman–Crippen MR) is 82.6 cm³/mol. The van der Waals surface area contributed by atoms with Gasteiger partial charge in [0.15, 0.2) is 5.75 Å². The number of hydrogen-bond acceptors (Lipinski definition) is 3. The van der Waals surface area contributed by atoms with Crippen LogP contribution in [0.25, 0.3) is 0 Å². The maximum atomic E-state index is 12.5. The summed E-state index contributed by atoms with van der Waals surface area (Å²) in [5.41, 5.74) is 0.792. The van der Waals surface area contributed by atoms with Crippen molar-refractivity contribution in [1.29, 1.82) is 0 Å². The first kappa shape index (κ1) is 14.0. The van der Waals surface area contributed by atoms with Gasteiger partial charge in [-0.2, -0.15) is 0 Å². The van der Waals surface area contributed by atoms with Crippen LogP contribution in [0.2, 0.25) is 5.02 Å². The number of anilines is 1. The molecule has 108 valence electrons. The molecule has 0 atom stereocenters. The molecule has 0 saturated heterocycles. The Bertz CT molecular complexity index is 571. The van der Waals surface area contributed by atoms with E-state index in [1.54, 1.807) is 13.2 Å². The van der Waals surface area contributed by atoms with Crippen LogP contribution in [0, 0.1) is 0 Å². The second-order valence-corrected chi connectivity index (χ2v) is 6.61. The zero-order chi connectivity index (χ0) is 14.3. The first-order chi connectivity index (χ1) is 9.56. The van der Waals surface area contributed by atoms with Gasteiger partial charge in [-0.1, -0.05) is 18.0 Å². The van der Waals surface area contributed by atoms with Crippen LogP contribution in [-0.2, 0) is 0 Å². The third-order valence-electron chi connectivity index (χ3n) is 4.04. The maximum absolute atomic E-state index is 12.5. The third-order valence-corrected chi connectivity index (χ3v) is 4.93. The lowest BCUT2D eigenvalue weighted by Crippen LogP contribution is -2.58. The second kappa shape index (κ2) is 5.11. The molecular weight excluding hydrogens is 344 g/mol. The molecule has 1 aliphatic carbocycles. The van der Waals surface area contributed by atoms with E-state index in [0.29, 0.717) is 22.0 Å². The van der Waals surface area contributed by atoms with E-state index in [1.165, 1.54) is 6.42 Å². The molecule has 0 aromatic heterocycles. The fraction of sp³-hybridized carbons (Fsp3) is 0.500. The molecule has 0 bridgehead atoms. The Morgan fingerprint density at radius 3 is 2.65 bits per heavy atom. The average molecular weight is 360 g/mol. The zero-order valence-corrected chi connectivity index (χ0v) is 13.5. The van der Waals surface area contributed by atoms with Gasteiger partial charge >= 0.3 is 0 Å². The van der Waals surface area contributed by atoms with Crippen molar-refractivity contribution in [3.63, 3.8) is 0 Å². The number of benzene rings is 1. The quantitative estimate of drug-likeness (QED) is 0.799. The minimum absolute atomic E-state index is 0.128. The van der Waals surface area contributed by atoms with Crippen molar-refractivity contribution >= 4 is 39.1 Å². The molecule has 1 aromatic carbocycles. The monoisotopic (exact) mass is 358 g/mol. The van der Waals surface area contributed by atoms with E-state index in [9.17, 15) is 4.79 Å². The van der Waals surface area contributed by atoms with E-state index in [-0.39, 0.29) is 11.6 Å². The lowest BCUT2D eigenvalue weighted by atomic mass is 9.86. The summed E-state index contributed by atoms with van der Waals surface area (Å²) in [6.07, 6.45) is 5.26. The number of methoxy groups -OCH3 is 1. The summed E-state index contributed by atoms with van der Waals surface area (Å²) in [7, 11) is 1.59. The van der Waals surface area contributed by atoms with Gasteiger partial charge in [0, 0.05) is 0 Å². The normalized spacial score (nSPS) is 20.1. The molecule has 6 heteroatoms. The lowest BCUT2D eigenvalue weighted by molar-refractivity contribution is 0.0875. The van der Waals surface area contributed by atoms with Crippen LogP contribution in [0.1, 0.15) is 42.5 Å². The average Bonchev–Trinajstić information content (AvgIpc) is 2.38. The van der Waals surface area contributed by atoms with Crippen molar-refractivity contribution < 1.29 is 9.53 Å². The van der Waals surface area contributed by atoms with Gasteiger partial charge in [-0.25, -0.2) is 0 Å². The topological polar surface area (TPSA) is 50.4 Å². The highest BCUT2D eigenvalue weighted by atomic mass is 79.9. The zero-order valence-electron chi connectivity index (χ0n) is 11.2. The van der Waals surface area contributed by atoms with Crippen molar-refractivity contribution in [2.75, 3.05) is 12.4 Å². The number of carbonyl (C=O) groups is 1. The molecule has 0 unspecified atom stereocenters. The molecule has 1 amide bonds. The van der Waals surface area contributed by atoms with Crippen molar-refractivity contribution in [2.45, 2.75) is 37.8 Å². The van der Waals surface area contributed by atoms with Crippen LogP contribution in [0.3, 0.4) is 0 Å². The number of halogens is 2. The summed E-state index contributed by atoms with van der Waals surface area (Å²) in [6.45, 7) is 0. The van der Waals surface area contributed by atoms with Crippen molar-refractivity contribution in [2.24, 2.45) is 0 Å². The summed E-state index contributed by atoms with van der Waals surface area (Å²) < 4.78 is 6.18. The molecule has 1 fully saturated rings. The summed E-state index contributed by atoms with van der Waals surface area (Å²) in [5.74, 6) is 0.501. The van der Waals surface area contributed by atoms with Gasteiger partial charge in [-0.15, -0.1) is 0 Å². The Morgan fingerprint density at radius 1 is 1.30 bits per heavy atom. The van der Waals surface area contributed by atoms with E-state index in [0.717, 1.165) is 30.2 Å². The molecule has 0 radical (unpaired) electrons. The number of carbonyl (C=O) groups excluding carboxylic acids is 1. The molecular formula is C14H16BrClN2O2. The van der Waals surface area contributed by atoms with Crippen LogP contribution in [0.4, 0.5) is 5.69 Å². The minimum Gasteiger partial charge on any atom is -0.493 e. The van der Waals surface area contributed by atoms with Crippen LogP contribution in [-0.4, -0.2) is 18.7 Å². The van der Waals surface area contributed by atoms with E-state index in [2.05, 4.69) is 26.6 Å². The Kier molecular flexibility index (Phi) is 3.58. The Balaban J connectivity index is 2.12. The molecule has 2 N–H and O–H groups in total. The van der Waals surface area contributed by atoms with Crippen LogP contribution in [0.15, 0.2) is 10.5 Å². The first-order valence-electron chi connectivity index (χ1n) is 6.73. The van der Waals surface area contributed by atoms with Gasteiger partial charge in [0.2, 0.25) is 0 Å². The standard InChI is InChI=1S/C14H16BrClN2O2/c1-20-12-8(15)7-9(16)10-11(12)17-14(18-13(10)19)5-3-2-4-6-14/h7,17H,2-6H2,1H3,(H,18,19). The molecule has 1 aromatic rings. The Morgan fingerprint density at radius 2 is 2.00 bits per heavy atom. The highest BCUT2D eigenvalue weighted by Gasteiger charge is 2.41. The predicted octanol–water partition coefficient (Wildman–Crippen LogP) is 3.93. The second-order valence-electron chi connectivity index (χ2n) is 5.35. The Labute approximate surface area is 131 Å². The van der Waals surface area contributed by atoms with Gasteiger partial charge in [0.1, 0.15) is 5.66 Å². The largest absolute Gasteiger partial charge is 0.493 e. The van der Waals surface area contributed by atoms with Gasteiger partial charge < -0.3 is 15.4 Å². The van der Waals surface area contributed by atoms with Crippen LogP contribution >= 0.6 is 27.5 Å². The van der Waals surface area contributed by atoms with Crippen molar-refractivity contribution in [3.8, 4) is 5.75 Å². The van der Waals surface area contributed by atoms with Crippen LogP contribution in [0.5, 0.6) is 5.75 Å². The SMILES string of the molecule is COc1c(Br)cc(Cl)c2c1NC1(CCCCC1)NC2=O. The minimum atomic E-state index is -0.361. The van der Waals surface area contributed by atoms with Gasteiger partial charge in [-0.3, -0.25) is 4.79 Å². The van der Waals surface area contributed by atoms with Gasteiger partial charge in [0.25, 0.3) is 5.91 Å². The number of nitrogens with one attached hydrogen (secondary N) is 2. The summed E-state index contributed by atoms with van der Waals surface area (Å²) in [6, 6.07) is 1.69. The number of hydrogen-bond donors (Lipinski definition) is 2. The number of amides is 1. The molecule has 20 heavy (non-hydrogen) atoms. The van der Waals surface area contributed by atoms with Crippen molar-refractivity contribution in [1.82, 2.24) is 5.32 Å². The lowest BCUT2D eigenvalue weighted by Gasteiger charge is -2.43. The number of rotatable bonds is 1. The summed E-state index contributed by atoms with van der Waals surface area (Å²) in [5, 5.41) is 6.99. The molecule has 1 aliphatic heterocycles. The third kappa shape index (κ3) is 2.17. The fourth-order valence-electron chi connectivity index (χ4n) is 3.10. The highest BCUT2D eigenvalue weighted by Crippen LogP contribution is 2.45. The Hall–Kier alpha value is -0.940. The molecule has 1 spiro atoms. The van der Waals surface area contributed by atoms with E-state index >= 15 is 0 Å². The van der Waals surface area contributed by atoms with Crippen molar-refractivity contribution in [3.05, 3.63) is 21.1 Å². The van der Waals surface area contributed by atoms with E-state index in [1.807, 2.05) is 0 Å². The smallest absolute Gasteiger partial charge is 0.256 e. The van der Waals surface area contributed by atoms with E-state index in [4.69, 9.17) is 16.3 Å². The summed E-state index contributed by atoms with van der Waals surface area (Å²) in [4.78, 5) is 12.5. The molecule has 1 heterocycles.